The largest absolute Gasteiger partial charge is 0.496 e. The Hall–Kier alpha value is -2.49. The maximum atomic E-state index is 5.46. The van der Waals surface area contributed by atoms with E-state index in [-0.39, 0.29) is 0 Å². The lowest BCUT2D eigenvalue weighted by Crippen LogP contribution is -2.41. The Balaban J connectivity index is 1.65. The second-order valence-corrected chi connectivity index (χ2v) is 6.07. The van der Waals surface area contributed by atoms with Gasteiger partial charge in [-0.1, -0.05) is 35.9 Å². The predicted molar refractivity (Wildman–Crippen MR) is 100 cm³/mol. The topological polar surface area (TPSA) is 36.9 Å². The van der Waals surface area contributed by atoms with Crippen LogP contribution in [0.1, 0.15) is 16.7 Å². The summed E-state index contributed by atoms with van der Waals surface area (Å²) >= 11 is 0. The van der Waals surface area contributed by atoms with Crippen LogP contribution in [0.15, 0.2) is 47.5 Å². The van der Waals surface area contributed by atoms with E-state index in [9.17, 15) is 0 Å². The van der Waals surface area contributed by atoms with Crippen LogP contribution in [-0.2, 0) is 12.8 Å². The van der Waals surface area contributed by atoms with Crippen molar-refractivity contribution in [3.8, 4) is 5.75 Å². The fourth-order valence-electron chi connectivity index (χ4n) is 3.27. The number of guanidine groups is 1. The van der Waals surface area contributed by atoms with Crippen LogP contribution in [0, 0.1) is 6.92 Å². The molecule has 1 aliphatic heterocycles. The van der Waals surface area contributed by atoms with Gasteiger partial charge in [-0.3, -0.25) is 4.99 Å². The summed E-state index contributed by atoms with van der Waals surface area (Å²) in [5, 5.41) is 3.49. The second-order valence-electron chi connectivity index (χ2n) is 6.07. The minimum atomic E-state index is 0.825. The Morgan fingerprint density at radius 1 is 1.25 bits per heavy atom. The molecule has 0 bridgehead atoms. The molecule has 4 heteroatoms. The van der Waals surface area contributed by atoms with Gasteiger partial charge in [0.1, 0.15) is 5.75 Å². The summed E-state index contributed by atoms with van der Waals surface area (Å²) in [7, 11) is 3.57. The highest BCUT2D eigenvalue weighted by Crippen LogP contribution is 2.27. The molecule has 0 atom stereocenters. The number of anilines is 1. The van der Waals surface area contributed by atoms with E-state index < -0.39 is 0 Å². The SMILES string of the molecule is CN=C(NCCc1cc(C)ccc1OC)N1CCc2ccccc21. The molecule has 4 nitrogen and oxygen atoms in total. The zero-order valence-electron chi connectivity index (χ0n) is 14.7. The van der Waals surface area contributed by atoms with E-state index in [1.54, 1.807) is 7.11 Å². The maximum Gasteiger partial charge on any atom is 0.198 e. The van der Waals surface area contributed by atoms with Gasteiger partial charge < -0.3 is 15.0 Å². The number of benzene rings is 2. The van der Waals surface area contributed by atoms with Crippen molar-refractivity contribution in [1.29, 1.82) is 0 Å². The maximum absolute atomic E-state index is 5.46. The molecule has 0 fully saturated rings. The number of nitrogens with zero attached hydrogens (tertiary/aromatic N) is 2. The normalized spacial score (nSPS) is 13.8. The first-order valence-corrected chi connectivity index (χ1v) is 8.42. The van der Waals surface area contributed by atoms with E-state index in [2.05, 4.69) is 58.5 Å². The third kappa shape index (κ3) is 3.37. The molecule has 0 saturated carbocycles. The lowest BCUT2D eigenvalue weighted by Gasteiger charge is -2.22. The number of fused-ring (bicyclic) bond motifs is 1. The lowest BCUT2D eigenvalue weighted by atomic mass is 10.1. The Morgan fingerprint density at radius 3 is 2.88 bits per heavy atom. The summed E-state index contributed by atoms with van der Waals surface area (Å²) in [5.74, 6) is 1.88. The molecule has 0 aliphatic carbocycles. The van der Waals surface area contributed by atoms with Crippen LogP contribution in [0.2, 0.25) is 0 Å². The third-order valence-electron chi connectivity index (χ3n) is 4.47. The number of ether oxygens (including phenoxy) is 1. The van der Waals surface area contributed by atoms with E-state index in [4.69, 9.17) is 4.74 Å². The van der Waals surface area contributed by atoms with Crippen molar-refractivity contribution in [3.63, 3.8) is 0 Å². The average Bonchev–Trinajstić information content (AvgIpc) is 3.03. The molecule has 126 valence electrons. The minimum absolute atomic E-state index is 0.825. The van der Waals surface area contributed by atoms with Crippen molar-refractivity contribution < 1.29 is 4.74 Å². The van der Waals surface area contributed by atoms with Gasteiger partial charge in [0, 0.05) is 25.8 Å². The molecule has 0 saturated heterocycles. The van der Waals surface area contributed by atoms with Gasteiger partial charge in [-0.25, -0.2) is 0 Å². The summed E-state index contributed by atoms with van der Waals surface area (Å²) < 4.78 is 5.46. The Morgan fingerprint density at radius 2 is 2.08 bits per heavy atom. The molecule has 2 aromatic rings. The molecule has 0 aromatic heterocycles. The smallest absolute Gasteiger partial charge is 0.198 e. The van der Waals surface area contributed by atoms with Crippen molar-refractivity contribution >= 4 is 11.6 Å². The summed E-state index contributed by atoms with van der Waals surface area (Å²) in [6.45, 7) is 3.91. The molecule has 1 N–H and O–H groups in total. The van der Waals surface area contributed by atoms with Crippen LogP contribution < -0.4 is 15.0 Å². The van der Waals surface area contributed by atoms with E-state index >= 15 is 0 Å². The summed E-state index contributed by atoms with van der Waals surface area (Å²) in [4.78, 5) is 6.73. The van der Waals surface area contributed by atoms with E-state index in [1.165, 1.54) is 22.4 Å². The molecular weight excluding hydrogens is 298 g/mol. The number of hydrogen-bond acceptors (Lipinski definition) is 2. The molecule has 0 amide bonds. The molecule has 0 spiro atoms. The first-order chi connectivity index (χ1) is 11.7. The molecular formula is C20H25N3O. The van der Waals surface area contributed by atoms with Crippen molar-refractivity contribution in [2.75, 3.05) is 32.1 Å². The molecule has 2 aromatic carbocycles. The van der Waals surface area contributed by atoms with Gasteiger partial charge in [0.2, 0.25) is 0 Å². The summed E-state index contributed by atoms with van der Waals surface area (Å²) in [6, 6.07) is 14.9. The summed E-state index contributed by atoms with van der Waals surface area (Å²) in [5.41, 5.74) is 5.13. The minimum Gasteiger partial charge on any atom is -0.496 e. The number of hydrogen-bond donors (Lipinski definition) is 1. The van der Waals surface area contributed by atoms with E-state index in [0.717, 1.165) is 37.6 Å². The highest BCUT2D eigenvalue weighted by Gasteiger charge is 2.22. The van der Waals surface area contributed by atoms with Gasteiger partial charge in [-0.2, -0.15) is 0 Å². The quantitative estimate of drug-likeness (QED) is 0.693. The number of para-hydroxylation sites is 1. The van der Waals surface area contributed by atoms with Gasteiger partial charge in [-0.05, 0) is 43.0 Å². The van der Waals surface area contributed by atoms with E-state index in [0.29, 0.717) is 0 Å². The standard InChI is InChI=1S/C20H25N3O/c1-15-8-9-19(24-3)17(14-15)10-12-22-20(21-2)23-13-11-16-6-4-5-7-18(16)23/h4-9,14H,10-13H2,1-3H3,(H,21,22). The monoisotopic (exact) mass is 323 g/mol. The molecule has 0 unspecified atom stereocenters. The van der Waals surface area contributed by atoms with Gasteiger partial charge in [0.15, 0.2) is 5.96 Å². The van der Waals surface area contributed by atoms with E-state index in [1.807, 2.05) is 13.1 Å². The number of nitrogens with one attached hydrogen (secondary N) is 1. The molecule has 3 rings (SSSR count). The van der Waals surface area contributed by atoms with Crippen LogP contribution in [-0.4, -0.2) is 33.2 Å². The average molecular weight is 323 g/mol. The number of aliphatic imine (C=N–C) groups is 1. The number of rotatable bonds is 4. The first-order valence-electron chi connectivity index (χ1n) is 8.42. The third-order valence-corrected chi connectivity index (χ3v) is 4.47. The van der Waals surface area contributed by atoms with Crippen molar-refractivity contribution in [1.82, 2.24) is 5.32 Å². The molecule has 1 heterocycles. The zero-order chi connectivity index (χ0) is 16.9. The summed E-state index contributed by atoms with van der Waals surface area (Å²) in [6.07, 6.45) is 1.97. The van der Waals surface area contributed by atoms with Crippen LogP contribution in [0.25, 0.3) is 0 Å². The Bertz CT molecular complexity index is 739. The highest BCUT2D eigenvalue weighted by molar-refractivity contribution is 5.97. The van der Waals surface area contributed by atoms with Gasteiger partial charge in [-0.15, -0.1) is 0 Å². The fraction of sp³-hybridized carbons (Fsp3) is 0.350. The zero-order valence-corrected chi connectivity index (χ0v) is 14.7. The molecule has 24 heavy (non-hydrogen) atoms. The fourth-order valence-corrected chi connectivity index (χ4v) is 3.27. The first kappa shape index (κ1) is 16.4. The van der Waals surface area contributed by atoms with Crippen LogP contribution >= 0.6 is 0 Å². The van der Waals surface area contributed by atoms with Crippen molar-refractivity contribution in [3.05, 3.63) is 59.2 Å². The van der Waals surface area contributed by atoms with Crippen LogP contribution in [0.4, 0.5) is 5.69 Å². The van der Waals surface area contributed by atoms with Crippen LogP contribution in [0.5, 0.6) is 5.75 Å². The van der Waals surface area contributed by atoms with Gasteiger partial charge in [0.05, 0.1) is 7.11 Å². The van der Waals surface area contributed by atoms with Gasteiger partial charge >= 0.3 is 0 Å². The Kier molecular flexibility index (Phi) is 5.04. The predicted octanol–water partition coefficient (Wildman–Crippen LogP) is 3.18. The van der Waals surface area contributed by atoms with Gasteiger partial charge in [0.25, 0.3) is 0 Å². The van der Waals surface area contributed by atoms with Crippen LogP contribution in [0.3, 0.4) is 0 Å². The molecule has 1 aliphatic rings. The second kappa shape index (κ2) is 7.39. The lowest BCUT2D eigenvalue weighted by molar-refractivity contribution is 0.409. The van der Waals surface area contributed by atoms with Crippen molar-refractivity contribution in [2.45, 2.75) is 19.8 Å². The number of aryl methyl sites for hydroxylation is 1. The highest BCUT2D eigenvalue weighted by atomic mass is 16.5. The Labute approximate surface area is 144 Å². The number of methoxy groups -OCH3 is 1. The van der Waals surface area contributed by atoms with Crippen molar-refractivity contribution in [2.24, 2.45) is 4.99 Å². The molecule has 0 radical (unpaired) electrons.